The minimum absolute atomic E-state index is 0.00727. The molecule has 0 unspecified atom stereocenters. The Labute approximate surface area is 137 Å². The number of rotatable bonds is 5. The van der Waals surface area contributed by atoms with Gasteiger partial charge in [0.2, 0.25) is 10.0 Å². The second-order valence-corrected chi connectivity index (χ2v) is 6.93. The lowest BCUT2D eigenvalue weighted by atomic mass is 10.1. The van der Waals surface area contributed by atoms with Crippen molar-refractivity contribution in [1.82, 2.24) is 4.72 Å². The van der Waals surface area contributed by atoms with Crippen LogP contribution in [0.1, 0.15) is 23.6 Å². The third-order valence-electron chi connectivity index (χ3n) is 3.39. The molecule has 1 N–H and O–H groups in total. The molecule has 0 heterocycles. The highest BCUT2D eigenvalue weighted by Crippen LogP contribution is 2.30. The molecule has 24 heavy (non-hydrogen) atoms. The number of nitrogens with one attached hydrogen (secondary N) is 1. The van der Waals surface area contributed by atoms with Crippen molar-refractivity contribution < 1.29 is 26.0 Å². The smallest absolute Gasteiger partial charge is 0.207 e. The molecule has 0 radical (unpaired) electrons. The van der Waals surface area contributed by atoms with Crippen molar-refractivity contribution in [1.29, 1.82) is 0 Å². The average Bonchev–Trinajstić information content (AvgIpc) is 2.52. The van der Waals surface area contributed by atoms with Crippen LogP contribution >= 0.6 is 0 Å². The van der Waals surface area contributed by atoms with E-state index in [4.69, 9.17) is 0 Å². The minimum Gasteiger partial charge on any atom is -0.207 e. The molecule has 0 amide bonds. The Balaban J connectivity index is 2.18. The summed E-state index contributed by atoms with van der Waals surface area (Å²) < 4.78 is 77.7. The number of alkyl halides is 3. The molecule has 2 aromatic rings. The van der Waals surface area contributed by atoms with Gasteiger partial charge in [0.05, 0.1) is 10.5 Å². The van der Waals surface area contributed by atoms with Crippen LogP contribution in [0.25, 0.3) is 0 Å². The fourth-order valence-electron chi connectivity index (χ4n) is 2.08. The van der Waals surface area contributed by atoms with Gasteiger partial charge in [0.25, 0.3) is 0 Å². The highest BCUT2D eigenvalue weighted by atomic mass is 32.2. The Morgan fingerprint density at radius 2 is 1.62 bits per heavy atom. The zero-order chi connectivity index (χ0) is 18.0. The van der Waals surface area contributed by atoms with Crippen molar-refractivity contribution >= 4 is 10.0 Å². The molecule has 2 aromatic carbocycles. The summed E-state index contributed by atoms with van der Waals surface area (Å²) in [6, 6.07) is 8.06. The van der Waals surface area contributed by atoms with Crippen LogP contribution in [0, 0.1) is 5.82 Å². The number of benzene rings is 2. The molecule has 2 rings (SSSR count). The third-order valence-corrected chi connectivity index (χ3v) is 4.81. The molecule has 0 aliphatic heterocycles. The number of aryl methyl sites for hydroxylation is 1. The van der Waals surface area contributed by atoms with Gasteiger partial charge in [0.15, 0.2) is 0 Å². The number of hydrogen-bond acceptors (Lipinski definition) is 2. The molecule has 0 saturated heterocycles. The number of hydrogen-bond donors (Lipinski definition) is 1. The van der Waals surface area contributed by atoms with E-state index in [2.05, 4.69) is 4.72 Å². The van der Waals surface area contributed by atoms with Crippen molar-refractivity contribution in [3.8, 4) is 0 Å². The molecular weight excluding hydrogens is 346 g/mol. The monoisotopic (exact) mass is 361 g/mol. The average molecular weight is 361 g/mol. The third kappa shape index (κ3) is 4.55. The summed E-state index contributed by atoms with van der Waals surface area (Å²) in [6.07, 6.45) is -3.96. The summed E-state index contributed by atoms with van der Waals surface area (Å²) in [5, 5.41) is 0. The van der Waals surface area contributed by atoms with Gasteiger partial charge in [-0.2, -0.15) is 13.2 Å². The van der Waals surface area contributed by atoms with Crippen molar-refractivity contribution in [2.24, 2.45) is 0 Å². The van der Waals surface area contributed by atoms with Gasteiger partial charge in [-0.1, -0.05) is 19.1 Å². The van der Waals surface area contributed by atoms with E-state index in [-0.39, 0.29) is 10.5 Å². The Bertz CT molecular complexity index is 815. The molecule has 0 fully saturated rings. The lowest BCUT2D eigenvalue weighted by Crippen LogP contribution is -2.23. The molecular formula is C16H15F4NO2S. The number of halogens is 4. The first-order valence-corrected chi connectivity index (χ1v) is 8.55. The largest absolute Gasteiger partial charge is 0.416 e. The quantitative estimate of drug-likeness (QED) is 0.822. The molecule has 0 bridgehead atoms. The number of sulfonamides is 1. The van der Waals surface area contributed by atoms with Gasteiger partial charge < -0.3 is 0 Å². The second kappa shape index (κ2) is 6.90. The Morgan fingerprint density at radius 1 is 1.00 bits per heavy atom. The van der Waals surface area contributed by atoms with Gasteiger partial charge in [0, 0.05) is 6.54 Å². The normalized spacial score (nSPS) is 12.4. The van der Waals surface area contributed by atoms with Crippen molar-refractivity contribution in [2.45, 2.75) is 31.0 Å². The fourth-order valence-corrected chi connectivity index (χ4v) is 3.10. The SMILES string of the molecule is CCc1ccc(S(=O)(=O)NCc2cc(F)cc(C(F)(F)F)c2)cc1. The second-order valence-electron chi connectivity index (χ2n) is 5.17. The van der Waals surface area contributed by atoms with Crippen LogP contribution in [0.5, 0.6) is 0 Å². The molecule has 8 heteroatoms. The summed E-state index contributed by atoms with van der Waals surface area (Å²) in [5.74, 6) is -1.08. The molecule has 0 aliphatic rings. The lowest BCUT2D eigenvalue weighted by Gasteiger charge is -2.11. The van der Waals surface area contributed by atoms with Crippen molar-refractivity contribution in [3.05, 3.63) is 65.0 Å². The molecule has 0 atom stereocenters. The van der Waals surface area contributed by atoms with Gasteiger partial charge in [-0.05, 0) is 47.9 Å². The van der Waals surface area contributed by atoms with E-state index in [1.54, 1.807) is 12.1 Å². The van der Waals surface area contributed by atoms with E-state index in [1.165, 1.54) is 12.1 Å². The van der Waals surface area contributed by atoms with Crippen LogP contribution in [-0.2, 0) is 29.2 Å². The van der Waals surface area contributed by atoms with Crippen molar-refractivity contribution in [3.63, 3.8) is 0 Å². The van der Waals surface area contributed by atoms with E-state index in [0.29, 0.717) is 12.1 Å². The topological polar surface area (TPSA) is 46.2 Å². The maximum atomic E-state index is 13.3. The van der Waals surface area contributed by atoms with Crippen LogP contribution in [0.4, 0.5) is 17.6 Å². The van der Waals surface area contributed by atoms with Gasteiger partial charge in [-0.15, -0.1) is 0 Å². The summed E-state index contributed by atoms with van der Waals surface area (Å²) in [4.78, 5) is -0.00727. The summed E-state index contributed by atoms with van der Waals surface area (Å²) in [6.45, 7) is 1.47. The van der Waals surface area contributed by atoms with Crippen LogP contribution in [0.2, 0.25) is 0 Å². The predicted octanol–water partition coefficient (Wildman–Crippen LogP) is 3.89. The van der Waals surface area contributed by atoms with Crippen LogP contribution in [0.15, 0.2) is 47.4 Å². The Hall–Kier alpha value is -1.93. The standard InChI is InChI=1S/C16H15F4NO2S/c1-2-11-3-5-15(6-4-11)24(22,23)21-10-12-7-13(16(18,19)20)9-14(17)8-12/h3-9,21H,2,10H2,1H3. The van der Waals surface area contributed by atoms with Gasteiger partial charge >= 0.3 is 6.18 Å². The van der Waals surface area contributed by atoms with Gasteiger partial charge in [-0.25, -0.2) is 17.5 Å². The molecule has 0 aromatic heterocycles. The Morgan fingerprint density at radius 3 is 2.17 bits per heavy atom. The lowest BCUT2D eigenvalue weighted by molar-refractivity contribution is -0.137. The summed E-state index contributed by atoms with van der Waals surface area (Å²) >= 11 is 0. The summed E-state index contributed by atoms with van der Waals surface area (Å²) in [7, 11) is -3.90. The van der Waals surface area contributed by atoms with Crippen LogP contribution in [-0.4, -0.2) is 8.42 Å². The molecule has 130 valence electrons. The zero-order valence-electron chi connectivity index (χ0n) is 12.7. The first kappa shape index (κ1) is 18.4. The minimum atomic E-state index is -4.70. The molecule has 0 spiro atoms. The van der Waals surface area contributed by atoms with Crippen LogP contribution in [0.3, 0.4) is 0 Å². The highest BCUT2D eigenvalue weighted by Gasteiger charge is 2.31. The molecule has 0 saturated carbocycles. The van der Waals surface area contributed by atoms with Crippen molar-refractivity contribution in [2.75, 3.05) is 0 Å². The zero-order valence-corrected chi connectivity index (χ0v) is 13.5. The van der Waals surface area contributed by atoms with E-state index in [0.717, 1.165) is 18.1 Å². The first-order valence-electron chi connectivity index (χ1n) is 7.07. The summed E-state index contributed by atoms with van der Waals surface area (Å²) in [5.41, 5.74) is -0.325. The molecule has 0 aliphatic carbocycles. The van der Waals surface area contributed by atoms with E-state index < -0.39 is 34.1 Å². The van der Waals surface area contributed by atoms with E-state index >= 15 is 0 Å². The predicted molar refractivity (Wildman–Crippen MR) is 81.2 cm³/mol. The highest BCUT2D eigenvalue weighted by molar-refractivity contribution is 7.89. The van der Waals surface area contributed by atoms with E-state index in [9.17, 15) is 26.0 Å². The maximum absolute atomic E-state index is 13.3. The first-order chi connectivity index (χ1) is 11.1. The van der Waals surface area contributed by atoms with E-state index in [1.807, 2.05) is 6.92 Å². The van der Waals surface area contributed by atoms with Gasteiger partial charge in [-0.3, -0.25) is 0 Å². The van der Waals surface area contributed by atoms with Crippen LogP contribution < -0.4 is 4.72 Å². The maximum Gasteiger partial charge on any atom is 0.416 e. The fraction of sp³-hybridized carbons (Fsp3) is 0.250. The molecule has 3 nitrogen and oxygen atoms in total. The van der Waals surface area contributed by atoms with Gasteiger partial charge in [0.1, 0.15) is 5.82 Å². The Kier molecular flexibility index (Phi) is 5.29.